The molecule has 1 unspecified atom stereocenters. The van der Waals surface area contributed by atoms with E-state index in [0.29, 0.717) is 5.92 Å². The SMILES string of the molecule is CCC(C#N)N[C@H](CO)C(C)C. The Bertz CT molecular complexity index is 151. The molecule has 0 rings (SSSR count). The first-order chi connectivity index (χ1) is 5.65. The summed E-state index contributed by atoms with van der Waals surface area (Å²) in [5.74, 6) is 0.359. The van der Waals surface area contributed by atoms with Crippen LogP contribution in [0.5, 0.6) is 0 Å². The maximum Gasteiger partial charge on any atom is 0.0953 e. The van der Waals surface area contributed by atoms with Crippen LogP contribution in [0, 0.1) is 17.2 Å². The lowest BCUT2D eigenvalue weighted by Gasteiger charge is -2.22. The lowest BCUT2D eigenvalue weighted by molar-refractivity contribution is 0.205. The number of nitriles is 1. The summed E-state index contributed by atoms with van der Waals surface area (Å²) >= 11 is 0. The zero-order valence-electron chi connectivity index (χ0n) is 8.04. The highest BCUT2D eigenvalue weighted by molar-refractivity contribution is 4.91. The van der Waals surface area contributed by atoms with Crippen LogP contribution in [0.4, 0.5) is 0 Å². The molecule has 0 saturated heterocycles. The highest BCUT2D eigenvalue weighted by atomic mass is 16.3. The predicted molar refractivity (Wildman–Crippen MR) is 48.5 cm³/mol. The van der Waals surface area contributed by atoms with Gasteiger partial charge in [0.2, 0.25) is 0 Å². The lowest BCUT2D eigenvalue weighted by Crippen LogP contribution is -2.42. The standard InChI is InChI=1S/C9H18N2O/c1-4-8(5-10)11-9(6-12)7(2)3/h7-9,11-12H,4,6H2,1-3H3/t8?,9-/m1/s1. The van der Waals surface area contributed by atoms with Crippen molar-refractivity contribution in [3.63, 3.8) is 0 Å². The van der Waals surface area contributed by atoms with Gasteiger partial charge in [0.05, 0.1) is 18.7 Å². The van der Waals surface area contributed by atoms with Crippen molar-refractivity contribution < 1.29 is 5.11 Å². The van der Waals surface area contributed by atoms with Crippen molar-refractivity contribution in [1.82, 2.24) is 5.32 Å². The quantitative estimate of drug-likeness (QED) is 0.644. The Labute approximate surface area is 74.4 Å². The molecular formula is C9H18N2O. The highest BCUT2D eigenvalue weighted by Crippen LogP contribution is 2.02. The van der Waals surface area contributed by atoms with Gasteiger partial charge in [-0.1, -0.05) is 20.8 Å². The van der Waals surface area contributed by atoms with Crippen molar-refractivity contribution in [3.05, 3.63) is 0 Å². The molecule has 0 aliphatic heterocycles. The first-order valence-corrected chi connectivity index (χ1v) is 4.42. The van der Waals surface area contributed by atoms with Crippen molar-refractivity contribution >= 4 is 0 Å². The molecule has 0 aliphatic rings. The van der Waals surface area contributed by atoms with Crippen LogP contribution >= 0.6 is 0 Å². The van der Waals surface area contributed by atoms with Crippen LogP contribution in [0.3, 0.4) is 0 Å². The number of hydrogen-bond acceptors (Lipinski definition) is 3. The van der Waals surface area contributed by atoms with Crippen molar-refractivity contribution in [2.24, 2.45) is 5.92 Å². The van der Waals surface area contributed by atoms with E-state index in [1.807, 2.05) is 20.8 Å². The number of aliphatic hydroxyl groups is 1. The summed E-state index contributed by atoms with van der Waals surface area (Å²) in [5.41, 5.74) is 0. The minimum Gasteiger partial charge on any atom is -0.395 e. The second kappa shape index (κ2) is 5.99. The largest absolute Gasteiger partial charge is 0.395 e. The molecule has 0 bridgehead atoms. The number of nitrogens with zero attached hydrogens (tertiary/aromatic N) is 1. The molecule has 0 amide bonds. The molecule has 0 aromatic carbocycles. The smallest absolute Gasteiger partial charge is 0.0953 e. The third-order valence-corrected chi connectivity index (χ3v) is 1.98. The Hall–Kier alpha value is -0.590. The van der Waals surface area contributed by atoms with Crippen molar-refractivity contribution in [1.29, 1.82) is 5.26 Å². The van der Waals surface area contributed by atoms with E-state index < -0.39 is 0 Å². The fourth-order valence-electron chi connectivity index (χ4n) is 0.961. The fourth-order valence-corrected chi connectivity index (χ4v) is 0.961. The van der Waals surface area contributed by atoms with Crippen molar-refractivity contribution in [3.8, 4) is 6.07 Å². The van der Waals surface area contributed by atoms with E-state index in [4.69, 9.17) is 10.4 Å². The molecule has 0 fully saturated rings. The summed E-state index contributed by atoms with van der Waals surface area (Å²) in [5, 5.41) is 20.7. The molecule has 0 heterocycles. The molecule has 0 radical (unpaired) electrons. The van der Waals surface area contributed by atoms with Crippen LogP contribution in [0.15, 0.2) is 0 Å². The first-order valence-electron chi connectivity index (χ1n) is 4.42. The minimum atomic E-state index is -0.135. The fraction of sp³-hybridized carbons (Fsp3) is 0.889. The molecule has 0 saturated carbocycles. The van der Waals surface area contributed by atoms with Gasteiger partial charge in [-0.2, -0.15) is 5.26 Å². The number of aliphatic hydroxyl groups excluding tert-OH is 1. The van der Waals surface area contributed by atoms with Crippen LogP contribution in [-0.4, -0.2) is 23.8 Å². The maximum atomic E-state index is 8.96. The molecule has 12 heavy (non-hydrogen) atoms. The molecule has 0 spiro atoms. The first kappa shape index (κ1) is 11.4. The Morgan fingerprint density at radius 2 is 2.08 bits per heavy atom. The third-order valence-electron chi connectivity index (χ3n) is 1.98. The van der Waals surface area contributed by atoms with Gasteiger partial charge in [-0.3, -0.25) is 5.32 Å². The maximum absolute atomic E-state index is 8.96. The molecule has 2 atom stereocenters. The number of rotatable bonds is 5. The molecule has 2 N–H and O–H groups in total. The highest BCUT2D eigenvalue weighted by Gasteiger charge is 2.15. The second-order valence-electron chi connectivity index (χ2n) is 3.29. The summed E-state index contributed by atoms with van der Waals surface area (Å²) < 4.78 is 0. The Kier molecular flexibility index (Phi) is 5.69. The van der Waals surface area contributed by atoms with Gasteiger partial charge in [0, 0.05) is 6.04 Å². The zero-order valence-corrected chi connectivity index (χ0v) is 8.04. The van der Waals surface area contributed by atoms with Crippen LogP contribution in [0.25, 0.3) is 0 Å². The second-order valence-corrected chi connectivity index (χ2v) is 3.29. The Balaban J connectivity index is 3.93. The monoisotopic (exact) mass is 170 g/mol. The summed E-state index contributed by atoms with van der Waals surface area (Å²) in [4.78, 5) is 0. The van der Waals surface area contributed by atoms with E-state index >= 15 is 0 Å². The van der Waals surface area contributed by atoms with E-state index in [1.165, 1.54) is 0 Å². The molecule has 0 aromatic heterocycles. The van der Waals surface area contributed by atoms with Gasteiger partial charge >= 0.3 is 0 Å². The Morgan fingerprint density at radius 1 is 1.50 bits per heavy atom. The predicted octanol–water partition coefficient (Wildman–Crippen LogP) is 0.895. The van der Waals surface area contributed by atoms with Gasteiger partial charge in [0.15, 0.2) is 0 Å². The number of hydrogen-bond donors (Lipinski definition) is 2. The van der Waals surface area contributed by atoms with Crippen LogP contribution in [-0.2, 0) is 0 Å². The molecule has 3 heteroatoms. The average molecular weight is 170 g/mol. The van der Waals surface area contributed by atoms with Gasteiger partial charge in [-0.05, 0) is 12.3 Å². The van der Waals surface area contributed by atoms with E-state index in [-0.39, 0.29) is 18.7 Å². The van der Waals surface area contributed by atoms with Gasteiger partial charge in [-0.25, -0.2) is 0 Å². The molecule has 0 aromatic rings. The van der Waals surface area contributed by atoms with E-state index in [2.05, 4.69) is 11.4 Å². The zero-order chi connectivity index (χ0) is 9.56. The normalized spacial score (nSPS) is 15.7. The van der Waals surface area contributed by atoms with E-state index in [0.717, 1.165) is 6.42 Å². The summed E-state index contributed by atoms with van der Waals surface area (Å²) in [6.45, 7) is 6.10. The van der Waals surface area contributed by atoms with Crippen molar-refractivity contribution in [2.75, 3.05) is 6.61 Å². The molecule has 0 aliphatic carbocycles. The third kappa shape index (κ3) is 3.70. The molecule has 3 nitrogen and oxygen atoms in total. The average Bonchev–Trinajstić information content (AvgIpc) is 2.06. The Morgan fingerprint density at radius 3 is 2.33 bits per heavy atom. The van der Waals surface area contributed by atoms with Crippen LogP contribution < -0.4 is 5.32 Å². The van der Waals surface area contributed by atoms with E-state index in [9.17, 15) is 0 Å². The van der Waals surface area contributed by atoms with Gasteiger partial charge in [0.25, 0.3) is 0 Å². The van der Waals surface area contributed by atoms with Gasteiger partial charge in [-0.15, -0.1) is 0 Å². The van der Waals surface area contributed by atoms with Crippen LogP contribution in [0.2, 0.25) is 0 Å². The summed E-state index contributed by atoms with van der Waals surface area (Å²) in [6.07, 6.45) is 0.778. The van der Waals surface area contributed by atoms with E-state index in [1.54, 1.807) is 0 Å². The van der Waals surface area contributed by atoms with Gasteiger partial charge < -0.3 is 5.11 Å². The molecule has 70 valence electrons. The summed E-state index contributed by atoms with van der Waals surface area (Å²) in [7, 11) is 0. The minimum absolute atomic E-state index is 0.0367. The molecular weight excluding hydrogens is 152 g/mol. The topological polar surface area (TPSA) is 56.0 Å². The van der Waals surface area contributed by atoms with Crippen LogP contribution in [0.1, 0.15) is 27.2 Å². The lowest BCUT2D eigenvalue weighted by atomic mass is 10.0. The van der Waals surface area contributed by atoms with Crippen molar-refractivity contribution in [2.45, 2.75) is 39.3 Å². The van der Waals surface area contributed by atoms with Gasteiger partial charge in [0.1, 0.15) is 0 Å². The summed E-state index contributed by atoms with van der Waals surface area (Å²) in [6, 6.07) is 2.05. The number of nitrogens with one attached hydrogen (secondary N) is 1.